The van der Waals surface area contributed by atoms with Gasteiger partial charge >= 0.3 is 5.97 Å². The van der Waals surface area contributed by atoms with E-state index in [0.29, 0.717) is 26.2 Å². The Morgan fingerprint density at radius 3 is 2.76 bits per heavy atom. The van der Waals surface area contributed by atoms with Crippen LogP contribution in [0.25, 0.3) is 6.08 Å². The molecule has 2 heterocycles. The van der Waals surface area contributed by atoms with Crippen molar-refractivity contribution in [1.82, 2.24) is 4.90 Å². The van der Waals surface area contributed by atoms with Crippen LogP contribution < -0.4 is 14.2 Å². The molecule has 2 aromatic carbocycles. The summed E-state index contributed by atoms with van der Waals surface area (Å²) in [6.45, 7) is 11.0. The third kappa shape index (κ3) is 5.50. The number of nitrogens with zero attached hydrogens (tertiary/aromatic N) is 1. The molecule has 1 saturated heterocycles. The minimum atomic E-state index is -0.716. The van der Waals surface area contributed by atoms with Gasteiger partial charge in [0.05, 0.1) is 11.5 Å². The summed E-state index contributed by atoms with van der Waals surface area (Å²) in [6, 6.07) is 12.0. The van der Waals surface area contributed by atoms with Crippen LogP contribution in [0.4, 0.5) is 0 Å². The van der Waals surface area contributed by atoms with E-state index < -0.39 is 11.4 Å². The molecule has 0 amide bonds. The molecule has 1 N–H and O–H groups in total. The molecule has 2 aromatic rings. The summed E-state index contributed by atoms with van der Waals surface area (Å²) < 4.78 is 17.8. The lowest BCUT2D eigenvalue weighted by molar-refractivity contribution is -0.147. The molecule has 176 valence electrons. The molecular weight excluding hydrogens is 418 g/mol. The smallest absolute Gasteiger partial charge is 0.310 e. The predicted molar refractivity (Wildman–Crippen MR) is 128 cm³/mol. The van der Waals surface area contributed by atoms with E-state index in [2.05, 4.69) is 17.0 Å². The van der Waals surface area contributed by atoms with Gasteiger partial charge in [0.15, 0.2) is 0 Å². The summed E-state index contributed by atoms with van der Waals surface area (Å²) in [7, 11) is 0. The molecule has 4 rings (SSSR count). The topological polar surface area (TPSA) is 68.2 Å². The van der Waals surface area contributed by atoms with Crippen molar-refractivity contribution in [3.8, 4) is 17.2 Å². The molecule has 33 heavy (non-hydrogen) atoms. The average Bonchev–Trinajstić information content (AvgIpc) is 3.15. The average molecular weight is 452 g/mol. The summed E-state index contributed by atoms with van der Waals surface area (Å²) in [5.41, 5.74) is 3.71. The second-order valence-electron chi connectivity index (χ2n) is 9.67. The third-order valence-corrected chi connectivity index (χ3v) is 6.26. The van der Waals surface area contributed by atoms with E-state index in [1.807, 2.05) is 58.0 Å². The monoisotopic (exact) mass is 451 g/mol. The van der Waals surface area contributed by atoms with E-state index in [0.717, 1.165) is 52.6 Å². The van der Waals surface area contributed by atoms with Crippen molar-refractivity contribution in [3.63, 3.8) is 0 Å². The standard InChI is InChI=1S/C27H33NO5/c1-18(2)33-24-8-5-20(11-19(24)3)15-31-23-7-6-22-12-21(16-32-25(22)13-23)14-28-10-9-27(4,17-28)26(29)30/h5-8,11-13,18H,9-10,14-17H2,1-4H3,(H,29,30). The third-order valence-electron chi connectivity index (χ3n) is 6.26. The highest BCUT2D eigenvalue weighted by Gasteiger charge is 2.40. The van der Waals surface area contributed by atoms with Crippen LogP contribution in [0.1, 0.15) is 43.9 Å². The van der Waals surface area contributed by atoms with E-state index in [4.69, 9.17) is 14.2 Å². The Kier molecular flexibility index (Phi) is 6.66. The quantitative estimate of drug-likeness (QED) is 0.614. The van der Waals surface area contributed by atoms with Gasteiger partial charge in [-0.05, 0) is 87.7 Å². The fraction of sp³-hybridized carbons (Fsp3) is 0.444. The van der Waals surface area contributed by atoms with E-state index in [1.54, 1.807) is 0 Å². The van der Waals surface area contributed by atoms with E-state index >= 15 is 0 Å². The minimum Gasteiger partial charge on any atom is -0.491 e. The number of hydrogen-bond donors (Lipinski definition) is 1. The van der Waals surface area contributed by atoms with Crippen LogP contribution in [0.2, 0.25) is 0 Å². The number of benzene rings is 2. The fourth-order valence-corrected chi connectivity index (χ4v) is 4.38. The Labute approximate surface area is 195 Å². The second-order valence-corrected chi connectivity index (χ2v) is 9.67. The van der Waals surface area contributed by atoms with Crippen LogP contribution in [0.15, 0.2) is 42.0 Å². The maximum atomic E-state index is 11.5. The SMILES string of the molecule is Cc1cc(COc2ccc3c(c2)OCC(CN2CCC(C)(C(=O)O)C2)=C3)ccc1OC(C)C. The molecule has 0 spiro atoms. The second kappa shape index (κ2) is 9.48. The van der Waals surface area contributed by atoms with Gasteiger partial charge in [0.2, 0.25) is 0 Å². The molecule has 2 aliphatic heterocycles. The highest BCUT2D eigenvalue weighted by atomic mass is 16.5. The van der Waals surface area contributed by atoms with Crippen LogP contribution in [0.5, 0.6) is 17.2 Å². The number of ether oxygens (including phenoxy) is 3. The molecule has 6 heteroatoms. The number of carbonyl (C=O) groups is 1. The molecule has 1 fully saturated rings. The van der Waals surface area contributed by atoms with Crippen LogP contribution in [0.3, 0.4) is 0 Å². The van der Waals surface area contributed by atoms with Gasteiger partial charge in [-0.1, -0.05) is 6.07 Å². The molecule has 1 atom stereocenters. The molecule has 0 saturated carbocycles. The first-order valence-corrected chi connectivity index (χ1v) is 11.5. The van der Waals surface area contributed by atoms with Gasteiger partial charge < -0.3 is 19.3 Å². The largest absolute Gasteiger partial charge is 0.491 e. The van der Waals surface area contributed by atoms with Crippen molar-refractivity contribution in [2.24, 2.45) is 5.41 Å². The molecule has 0 aliphatic carbocycles. The van der Waals surface area contributed by atoms with Crippen molar-refractivity contribution in [3.05, 3.63) is 58.7 Å². The zero-order valence-corrected chi connectivity index (χ0v) is 19.9. The van der Waals surface area contributed by atoms with Gasteiger partial charge in [-0.25, -0.2) is 0 Å². The number of carboxylic acid groups (broad SMARTS) is 1. The van der Waals surface area contributed by atoms with Gasteiger partial charge in [0, 0.05) is 24.7 Å². The zero-order valence-electron chi connectivity index (χ0n) is 19.9. The molecular formula is C27H33NO5. The number of rotatable bonds is 8. The highest BCUT2D eigenvalue weighted by Crippen LogP contribution is 2.34. The van der Waals surface area contributed by atoms with E-state index in [9.17, 15) is 9.90 Å². The zero-order chi connectivity index (χ0) is 23.6. The lowest BCUT2D eigenvalue weighted by Crippen LogP contribution is -2.33. The van der Waals surface area contributed by atoms with Gasteiger partial charge in [-0.2, -0.15) is 0 Å². The Bertz CT molecular complexity index is 1060. The van der Waals surface area contributed by atoms with Gasteiger partial charge in [-0.3, -0.25) is 9.69 Å². The van der Waals surface area contributed by atoms with E-state index in [1.165, 1.54) is 0 Å². The van der Waals surface area contributed by atoms with Crippen molar-refractivity contribution in [2.75, 3.05) is 26.2 Å². The Morgan fingerprint density at radius 2 is 2.06 bits per heavy atom. The highest BCUT2D eigenvalue weighted by molar-refractivity contribution is 5.75. The van der Waals surface area contributed by atoms with Crippen LogP contribution in [-0.2, 0) is 11.4 Å². The van der Waals surface area contributed by atoms with Crippen molar-refractivity contribution >= 4 is 12.0 Å². The molecule has 6 nitrogen and oxygen atoms in total. The summed E-state index contributed by atoms with van der Waals surface area (Å²) >= 11 is 0. The Hall–Kier alpha value is -2.99. The molecule has 0 bridgehead atoms. The maximum Gasteiger partial charge on any atom is 0.310 e. The molecule has 0 aromatic heterocycles. The molecule has 0 radical (unpaired) electrons. The van der Waals surface area contributed by atoms with Crippen LogP contribution in [0, 0.1) is 12.3 Å². The molecule has 1 unspecified atom stereocenters. The van der Waals surface area contributed by atoms with Crippen LogP contribution >= 0.6 is 0 Å². The Morgan fingerprint density at radius 1 is 1.24 bits per heavy atom. The first-order valence-electron chi connectivity index (χ1n) is 11.5. The predicted octanol–water partition coefficient (Wildman–Crippen LogP) is 4.93. The van der Waals surface area contributed by atoms with Crippen LogP contribution in [-0.4, -0.2) is 48.3 Å². The van der Waals surface area contributed by atoms with E-state index in [-0.39, 0.29) is 6.10 Å². The number of carboxylic acids is 1. The minimum absolute atomic E-state index is 0.149. The number of likely N-dealkylation sites (tertiary alicyclic amines) is 1. The lowest BCUT2D eigenvalue weighted by Gasteiger charge is -2.24. The summed E-state index contributed by atoms with van der Waals surface area (Å²) in [6.07, 6.45) is 2.98. The van der Waals surface area contributed by atoms with Crippen molar-refractivity contribution < 1.29 is 24.1 Å². The van der Waals surface area contributed by atoms with Gasteiger partial charge in [-0.15, -0.1) is 0 Å². The van der Waals surface area contributed by atoms with Crippen molar-refractivity contribution in [1.29, 1.82) is 0 Å². The first kappa shape index (κ1) is 23.2. The fourth-order valence-electron chi connectivity index (χ4n) is 4.38. The normalized spacial score (nSPS) is 20.2. The lowest BCUT2D eigenvalue weighted by atomic mass is 9.90. The maximum absolute atomic E-state index is 11.5. The molecule has 2 aliphatic rings. The summed E-state index contributed by atoms with van der Waals surface area (Å²) in [5, 5.41) is 9.44. The first-order chi connectivity index (χ1) is 15.7. The number of aryl methyl sites for hydroxylation is 1. The van der Waals surface area contributed by atoms with Crippen molar-refractivity contribution in [2.45, 2.75) is 46.8 Å². The van der Waals surface area contributed by atoms with Gasteiger partial charge in [0.25, 0.3) is 0 Å². The number of hydrogen-bond acceptors (Lipinski definition) is 5. The van der Waals surface area contributed by atoms with Gasteiger partial charge in [0.1, 0.15) is 30.5 Å². The number of fused-ring (bicyclic) bond motifs is 1. The number of aliphatic carboxylic acids is 1. The Balaban J connectivity index is 1.36. The summed E-state index contributed by atoms with van der Waals surface area (Å²) in [4.78, 5) is 13.7. The summed E-state index contributed by atoms with van der Waals surface area (Å²) in [5.74, 6) is 1.76.